The first kappa shape index (κ1) is 28.7. The van der Waals surface area contributed by atoms with Gasteiger partial charge in [0.2, 0.25) is 0 Å². The van der Waals surface area contributed by atoms with Crippen LogP contribution in [0, 0.1) is 11.6 Å². The first-order chi connectivity index (χ1) is 18.9. The van der Waals surface area contributed by atoms with Crippen molar-refractivity contribution in [2.45, 2.75) is 88.6 Å². The second-order valence-corrected chi connectivity index (χ2v) is 10.3. The lowest BCUT2D eigenvalue weighted by atomic mass is 9.92. The normalized spacial score (nSPS) is 23.0. The number of ether oxygens (including phenoxy) is 3. The molecule has 2 aliphatic carbocycles. The maximum absolute atomic E-state index is 13.6. The zero-order valence-electron chi connectivity index (χ0n) is 22.2. The lowest BCUT2D eigenvalue weighted by Crippen LogP contribution is -2.34. The molecule has 0 bridgehead atoms. The summed E-state index contributed by atoms with van der Waals surface area (Å²) in [7, 11) is 0. The van der Waals surface area contributed by atoms with E-state index in [1.807, 2.05) is 0 Å². The van der Waals surface area contributed by atoms with Gasteiger partial charge < -0.3 is 14.2 Å². The Bertz CT molecular complexity index is 1090. The van der Waals surface area contributed by atoms with Gasteiger partial charge in [0.15, 0.2) is 0 Å². The van der Waals surface area contributed by atoms with Crippen LogP contribution in [0.2, 0.25) is 0 Å². The van der Waals surface area contributed by atoms with Crippen LogP contribution < -0.4 is 0 Å². The van der Waals surface area contributed by atoms with E-state index in [1.165, 1.54) is 36.4 Å². The van der Waals surface area contributed by atoms with Crippen LogP contribution in [0.3, 0.4) is 0 Å². The van der Waals surface area contributed by atoms with E-state index in [0.717, 1.165) is 25.7 Å². The van der Waals surface area contributed by atoms with Crippen LogP contribution in [0.25, 0.3) is 0 Å². The standard InChI is InChI=1S/C32H36F2O5/c1-3-5-21-19-23(33)7-17-29(21)31(35)38-27-13-9-25(10-14-27)37-26-11-15-28(16-12-26)39-32(36)30-18-8-24(34)20-22(30)6-4-2/h3-4,7-8,17-20,25-28H,1-2,5-6,9-16H2. The Kier molecular flexibility index (Phi) is 10.0. The van der Waals surface area contributed by atoms with Crippen molar-refractivity contribution in [3.05, 3.63) is 95.6 Å². The van der Waals surface area contributed by atoms with Gasteiger partial charge in [-0.1, -0.05) is 12.2 Å². The molecule has 4 rings (SSSR count). The molecule has 0 aromatic heterocycles. The van der Waals surface area contributed by atoms with Crippen LogP contribution in [0.15, 0.2) is 61.7 Å². The highest BCUT2D eigenvalue weighted by Gasteiger charge is 2.30. The minimum Gasteiger partial charge on any atom is -0.459 e. The molecule has 0 unspecified atom stereocenters. The Balaban J connectivity index is 1.19. The average molecular weight is 539 g/mol. The van der Waals surface area contributed by atoms with Crippen molar-refractivity contribution in [3.8, 4) is 0 Å². The summed E-state index contributed by atoms with van der Waals surface area (Å²) in [4.78, 5) is 25.4. The van der Waals surface area contributed by atoms with Gasteiger partial charge >= 0.3 is 11.9 Å². The minimum atomic E-state index is -0.429. The van der Waals surface area contributed by atoms with Crippen molar-refractivity contribution in [1.29, 1.82) is 0 Å². The first-order valence-electron chi connectivity index (χ1n) is 13.7. The molecule has 5 nitrogen and oxygen atoms in total. The number of halogens is 2. The fourth-order valence-corrected chi connectivity index (χ4v) is 5.45. The number of benzene rings is 2. The summed E-state index contributed by atoms with van der Waals surface area (Å²) in [6.45, 7) is 7.35. The molecule has 39 heavy (non-hydrogen) atoms. The highest BCUT2D eigenvalue weighted by molar-refractivity contribution is 5.91. The van der Waals surface area contributed by atoms with Gasteiger partial charge in [0.25, 0.3) is 0 Å². The third kappa shape index (κ3) is 7.85. The van der Waals surface area contributed by atoms with E-state index >= 15 is 0 Å². The van der Waals surface area contributed by atoms with Gasteiger partial charge in [0, 0.05) is 0 Å². The van der Waals surface area contributed by atoms with E-state index in [9.17, 15) is 18.4 Å². The maximum Gasteiger partial charge on any atom is 0.338 e. The second-order valence-electron chi connectivity index (χ2n) is 10.3. The van der Waals surface area contributed by atoms with E-state index in [0.29, 0.717) is 60.8 Å². The largest absolute Gasteiger partial charge is 0.459 e. The third-order valence-corrected chi connectivity index (χ3v) is 7.48. The van der Waals surface area contributed by atoms with Crippen LogP contribution in [0.5, 0.6) is 0 Å². The Hall–Kier alpha value is -3.32. The fourth-order valence-electron chi connectivity index (χ4n) is 5.45. The Morgan fingerprint density at radius 2 is 1.03 bits per heavy atom. The molecule has 0 heterocycles. The van der Waals surface area contributed by atoms with Crippen molar-refractivity contribution < 1.29 is 32.6 Å². The number of hydrogen-bond acceptors (Lipinski definition) is 5. The summed E-state index contributed by atoms with van der Waals surface area (Å²) in [6, 6.07) is 8.18. The Morgan fingerprint density at radius 3 is 1.38 bits per heavy atom. The van der Waals surface area contributed by atoms with Crippen LogP contribution in [-0.4, -0.2) is 36.4 Å². The molecule has 2 aliphatic rings. The number of carbonyl (C=O) groups excluding carboxylic acids is 2. The van der Waals surface area contributed by atoms with Gasteiger partial charge in [0.1, 0.15) is 23.8 Å². The van der Waals surface area contributed by atoms with Crippen LogP contribution in [0.1, 0.15) is 83.2 Å². The van der Waals surface area contributed by atoms with Crippen molar-refractivity contribution in [3.63, 3.8) is 0 Å². The fraction of sp³-hybridized carbons (Fsp3) is 0.438. The summed E-state index contributed by atoms with van der Waals surface area (Å²) in [5.74, 6) is -1.64. The molecular weight excluding hydrogens is 502 g/mol. The summed E-state index contributed by atoms with van der Waals surface area (Å²) < 4.78 is 45.0. The van der Waals surface area contributed by atoms with Gasteiger partial charge in [-0.3, -0.25) is 0 Å². The molecule has 0 N–H and O–H groups in total. The van der Waals surface area contributed by atoms with Gasteiger partial charge in [-0.25, -0.2) is 18.4 Å². The van der Waals surface area contributed by atoms with Crippen molar-refractivity contribution in [2.75, 3.05) is 0 Å². The molecular formula is C32H36F2O5. The predicted molar refractivity (Wildman–Crippen MR) is 145 cm³/mol. The molecule has 0 atom stereocenters. The van der Waals surface area contributed by atoms with E-state index in [-0.39, 0.29) is 24.4 Å². The molecule has 0 aliphatic heterocycles. The van der Waals surface area contributed by atoms with Gasteiger partial charge in [0.05, 0.1) is 23.3 Å². The lowest BCUT2D eigenvalue weighted by Gasteiger charge is -2.34. The molecule has 0 radical (unpaired) electrons. The number of esters is 2. The quantitative estimate of drug-likeness (QED) is 0.239. The third-order valence-electron chi connectivity index (χ3n) is 7.48. The summed E-state index contributed by atoms with van der Waals surface area (Å²) in [5, 5.41) is 0. The SMILES string of the molecule is C=CCc1cc(F)ccc1C(=O)OC1CCC(OC2CCC(OC(=O)c3ccc(F)cc3CC=C)CC2)CC1. The zero-order valence-corrected chi connectivity index (χ0v) is 22.2. The number of carbonyl (C=O) groups is 2. The Morgan fingerprint density at radius 1 is 0.667 bits per heavy atom. The average Bonchev–Trinajstić information content (AvgIpc) is 2.91. The van der Waals surface area contributed by atoms with Crippen LogP contribution >= 0.6 is 0 Å². The molecule has 7 heteroatoms. The van der Waals surface area contributed by atoms with Gasteiger partial charge in [-0.15, -0.1) is 13.2 Å². The van der Waals surface area contributed by atoms with Crippen molar-refractivity contribution in [1.82, 2.24) is 0 Å². The molecule has 2 aromatic rings. The summed E-state index contributed by atoms with van der Waals surface area (Å²) in [5.41, 5.74) is 1.90. The number of rotatable bonds is 10. The summed E-state index contributed by atoms with van der Waals surface area (Å²) >= 11 is 0. The van der Waals surface area contributed by atoms with E-state index < -0.39 is 23.6 Å². The molecule has 208 valence electrons. The van der Waals surface area contributed by atoms with Crippen molar-refractivity contribution >= 4 is 11.9 Å². The van der Waals surface area contributed by atoms with Crippen LogP contribution in [-0.2, 0) is 27.1 Å². The topological polar surface area (TPSA) is 61.8 Å². The van der Waals surface area contributed by atoms with Crippen molar-refractivity contribution in [2.24, 2.45) is 0 Å². The number of hydrogen-bond donors (Lipinski definition) is 0. The second kappa shape index (κ2) is 13.7. The maximum atomic E-state index is 13.6. The molecule has 2 aromatic carbocycles. The lowest BCUT2D eigenvalue weighted by molar-refractivity contribution is -0.0768. The molecule has 0 amide bonds. The predicted octanol–water partition coefficient (Wildman–Crippen LogP) is 7.07. The highest BCUT2D eigenvalue weighted by Crippen LogP contribution is 2.31. The molecule has 2 saturated carbocycles. The van der Waals surface area contributed by atoms with Gasteiger partial charge in [-0.05, 0) is 112 Å². The Labute approximate surface area is 228 Å². The van der Waals surface area contributed by atoms with E-state index in [4.69, 9.17) is 14.2 Å². The molecule has 2 fully saturated rings. The monoisotopic (exact) mass is 538 g/mol. The zero-order chi connectivity index (χ0) is 27.8. The minimum absolute atomic E-state index is 0.104. The smallest absolute Gasteiger partial charge is 0.338 e. The molecule has 0 saturated heterocycles. The highest BCUT2D eigenvalue weighted by atomic mass is 19.1. The first-order valence-corrected chi connectivity index (χ1v) is 13.7. The van der Waals surface area contributed by atoms with Gasteiger partial charge in [-0.2, -0.15) is 0 Å². The molecule has 0 spiro atoms. The number of allylic oxidation sites excluding steroid dienone is 2. The van der Waals surface area contributed by atoms with E-state index in [1.54, 1.807) is 12.2 Å². The summed E-state index contributed by atoms with van der Waals surface area (Å²) in [6.07, 6.45) is 9.94. The van der Waals surface area contributed by atoms with E-state index in [2.05, 4.69) is 13.2 Å². The van der Waals surface area contributed by atoms with Crippen LogP contribution in [0.4, 0.5) is 8.78 Å².